The number of carbonyl (C=O) groups excluding carboxylic acids is 3. The number of carbonyl (C=O) groups is 3. The molecule has 2 aliphatic rings. The van der Waals surface area contributed by atoms with Crippen molar-refractivity contribution < 1.29 is 28.8 Å². The van der Waals surface area contributed by atoms with Crippen molar-refractivity contribution in [1.82, 2.24) is 15.0 Å². The maximum Gasteiger partial charge on any atom is 0.321 e. The van der Waals surface area contributed by atoms with Gasteiger partial charge in [-0.3, -0.25) is 9.59 Å². The molecule has 0 spiro atoms. The summed E-state index contributed by atoms with van der Waals surface area (Å²) in [6.07, 6.45) is 4.68. The van der Waals surface area contributed by atoms with Gasteiger partial charge in [0.2, 0.25) is 11.8 Å². The van der Waals surface area contributed by atoms with Crippen molar-refractivity contribution in [3.8, 4) is 5.75 Å². The number of rotatable bonds is 7. The van der Waals surface area contributed by atoms with Crippen LogP contribution < -0.4 is 15.4 Å². The number of aromatic nitrogens is 1. The molecule has 1 aromatic carbocycles. The second kappa shape index (κ2) is 13.4. The van der Waals surface area contributed by atoms with Crippen molar-refractivity contribution in [3.05, 3.63) is 35.2 Å². The molecule has 2 aromatic rings. The van der Waals surface area contributed by atoms with Crippen molar-refractivity contribution in [2.24, 2.45) is 11.8 Å². The van der Waals surface area contributed by atoms with Gasteiger partial charge in [-0.1, -0.05) is 31.3 Å². The van der Waals surface area contributed by atoms with Crippen LogP contribution in [-0.2, 0) is 16.0 Å². The molecule has 4 amide bonds. The zero-order chi connectivity index (χ0) is 29.7. The van der Waals surface area contributed by atoms with Crippen LogP contribution in [-0.4, -0.2) is 76.8 Å². The number of nitrogens with one attached hydrogen (secondary N) is 2. The van der Waals surface area contributed by atoms with Crippen LogP contribution in [0.2, 0.25) is 0 Å². The summed E-state index contributed by atoms with van der Waals surface area (Å²) in [6.45, 7) is 7.69. The third-order valence-electron chi connectivity index (χ3n) is 8.23. The predicted molar refractivity (Wildman–Crippen MR) is 155 cm³/mol. The van der Waals surface area contributed by atoms with Crippen LogP contribution in [0.4, 0.5) is 16.2 Å². The molecule has 0 saturated heterocycles. The number of ether oxygens (including phenoxy) is 1. The number of nitrogens with zero attached hydrogens (tertiary/aromatic N) is 3. The van der Waals surface area contributed by atoms with Crippen LogP contribution in [0.15, 0.2) is 22.7 Å². The summed E-state index contributed by atoms with van der Waals surface area (Å²) >= 11 is 0. The number of fused-ring (bicyclic) bond motifs is 1. The average Bonchev–Trinajstić information content (AvgIpc) is 3.29. The molecule has 1 aliphatic heterocycles. The van der Waals surface area contributed by atoms with E-state index in [1.165, 1.54) is 11.3 Å². The third kappa shape index (κ3) is 7.38. The van der Waals surface area contributed by atoms with Crippen molar-refractivity contribution in [3.63, 3.8) is 0 Å². The summed E-state index contributed by atoms with van der Waals surface area (Å²) < 4.78 is 11.7. The standard InChI is InChI=1S/C30H43N5O6/c1-18-15-35(19(2)17-36)27(37)14-23-13-24(31-29(38)22-9-7-6-8-10-22)11-12-25(23)40-26(18)16-34(5)30(39)32-28-20(3)33-41-21(28)4/h11-13,18-19,22,26,36H,6-10,14-17H2,1-5H3,(H,31,38)(H,32,39)/t18-,19-,26-/m0/s1. The van der Waals surface area contributed by atoms with E-state index in [9.17, 15) is 19.5 Å². The second-order valence-corrected chi connectivity index (χ2v) is 11.5. The zero-order valence-electron chi connectivity index (χ0n) is 24.7. The Balaban J connectivity index is 1.57. The lowest BCUT2D eigenvalue weighted by atomic mass is 9.88. The fourth-order valence-electron chi connectivity index (χ4n) is 5.55. The Morgan fingerprint density at radius 3 is 2.59 bits per heavy atom. The number of aliphatic hydroxyl groups is 1. The summed E-state index contributed by atoms with van der Waals surface area (Å²) in [7, 11) is 1.68. The van der Waals surface area contributed by atoms with E-state index >= 15 is 0 Å². The minimum absolute atomic E-state index is 0.00468. The van der Waals surface area contributed by atoms with E-state index in [4.69, 9.17) is 9.26 Å². The quantitative estimate of drug-likeness (QED) is 0.456. The lowest BCUT2D eigenvalue weighted by Crippen LogP contribution is -2.48. The van der Waals surface area contributed by atoms with Crippen molar-refractivity contribution in [1.29, 1.82) is 0 Å². The topological polar surface area (TPSA) is 137 Å². The maximum atomic E-state index is 13.5. The van der Waals surface area contributed by atoms with E-state index in [0.29, 0.717) is 40.7 Å². The summed E-state index contributed by atoms with van der Waals surface area (Å²) in [5.41, 5.74) is 2.39. The second-order valence-electron chi connectivity index (χ2n) is 11.5. The number of aryl methyl sites for hydroxylation is 2. The summed E-state index contributed by atoms with van der Waals surface area (Å²) in [5, 5.41) is 19.7. The number of benzene rings is 1. The third-order valence-corrected chi connectivity index (χ3v) is 8.23. The van der Waals surface area contributed by atoms with Gasteiger partial charge in [0.15, 0.2) is 5.76 Å². The Morgan fingerprint density at radius 2 is 1.93 bits per heavy atom. The normalized spacial score (nSPS) is 20.6. The van der Waals surface area contributed by atoms with Crippen molar-refractivity contribution in [2.45, 2.75) is 78.4 Å². The number of anilines is 2. The van der Waals surface area contributed by atoms with Crippen molar-refractivity contribution in [2.75, 3.05) is 37.4 Å². The average molecular weight is 570 g/mol. The monoisotopic (exact) mass is 569 g/mol. The van der Waals surface area contributed by atoms with Crippen LogP contribution >= 0.6 is 0 Å². The van der Waals surface area contributed by atoms with Crippen LogP contribution in [0.1, 0.15) is 63.0 Å². The van der Waals surface area contributed by atoms with Gasteiger partial charge in [-0.05, 0) is 51.8 Å². The molecule has 3 N–H and O–H groups in total. The molecule has 11 heteroatoms. The van der Waals surface area contributed by atoms with Gasteiger partial charge in [-0.15, -0.1) is 0 Å². The fraction of sp³-hybridized carbons (Fsp3) is 0.600. The molecule has 3 atom stereocenters. The molecule has 41 heavy (non-hydrogen) atoms. The van der Waals surface area contributed by atoms with Gasteiger partial charge in [-0.25, -0.2) is 4.79 Å². The van der Waals surface area contributed by atoms with Crippen LogP contribution in [0.3, 0.4) is 0 Å². The first kappa shape index (κ1) is 30.4. The summed E-state index contributed by atoms with van der Waals surface area (Å²) in [4.78, 5) is 42.6. The number of aliphatic hydroxyl groups excluding tert-OH is 1. The molecular weight excluding hydrogens is 526 g/mol. The SMILES string of the molecule is Cc1noc(C)c1NC(=O)N(C)C[C@@H]1Oc2ccc(NC(=O)C3CCCCC3)cc2CC(=O)N([C@@H](C)CO)C[C@@H]1C. The van der Waals surface area contributed by atoms with Gasteiger partial charge in [0.05, 0.1) is 25.6 Å². The zero-order valence-corrected chi connectivity index (χ0v) is 24.7. The Kier molecular flexibility index (Phi) is 9.90. The molecule has 0 radical (unpaired) electrons. The van der Waals surface area contributed by atoms with E-state index in [1.54, 1.807) is 44.0 Å². The van der Waals surface area contributed by atoms with E-state index < -0.39 is 6.10 Å². The Morgan fingerprint density at radius 1 is 1.20 bits per heavy atom. The summed E-state index contributed by atoms with van der Waals surface area (Å²) in [5.74, 6) is 0.758. The largest absolute Gasteiger partial charge is 0.488 e. The lowest BCUT2D eigenvalue weighted by molar-refractivity contribution is -0.134. The van der Waals surface area contributed by atoms with Crippen LogP contribution in [0.5, 0.6) is 5.75 Å². The Hall–Kier alpha value is -3.60. The molecule has 4 rings (SSSR count). The predicted octanol–water partition coefficient (Wildman–Crippen LogP) is 4.12. The number of hydrogen-bond donors (Lipinski definition) is 3. The molecule has 1 aliphatic carbocycles. The highest BCUT2D eigenvalue weighted by Gasteiger charge is 2.32. The molecule has 0 unspecified atom stereocenters. The lowest BCUT2D eigenvalue weighted by Gasteiger charge is -2.34. The first-order chi connectivity index (χ1) is 19.6. The molecule has 2 heterocycles. The Labute approximate surface area is 241 Å². The van der Waals surface area contributed by atoms with Crippen LogP contribution in [0.25, 0.3) is 0 Å². The summed E-state index contributed by atoms with van der Waals surface area (Å²) in [6, 6.07) is 4.66. The molecule has 1 aromatic heterocycles. The van der Waals surface area contributed by atoms with Gasteiger partial charge in [0, 0.05) is 36.7 Å². The Bertz CT molecular complexity index is 1220. The van der Waals surface area contributed by atoms with E-state index in [2.05, 4.69) is 15.8 Å². The van der Waals surface area contributed by atoms with E-state index in [0.717, 1.165) is 25.7 Å². The van der Waals surface area contributed by atoms with Gasteiger partial charge >= 0.3 is 6.03 Å². The molecule has 0 bridgehead atoms. The first-order valence-corrected chi connectivity index (χ1v) is 14.5. The minimum Gasteiger partial charge on any atom is -0.488 e. The van der Waals surface area contributed by atoms with Gasteiger partial charge in [0.1, 0.15) is 23.2 Å². The smallest absolute Gasteiger partial charge is 0.321 e. The highest BCUT2D eigenvalue weighted by molar-refractivity contribution is 5.93. The number of hydrogen-bond acceptors (Lipinski definition) is 7. The number of amides is 4. The molecule has 224 valence electrons. The van der Waals surface area contributed by atoms with Crippen molar-refractivity contribution >= 4 is 29.2 Å². The maximum absolute atomic E-state index is 13.5. The van der Waals surface area contributed by atoms with Gasteiger partial charge in [-0.2, -0.15) is 0 Å². The first-order valence-electron chi connectivity index (χ1n) is 14.5. The molecule has 1 fully saturated rings. The molecule has 1 saturated carbocycles. The van der Waals surface area contributed by atoms with Crippen LogP contribution in [0, 0.1) is 25.7 Å². The fourth-order valence-corrected chi connectivity index (χ4v) is 5.55. The molecule has 11 nitrogen and oxygen atoms in total. The highest BCUT2D eigenvalue weighted by Crippen LogP contribution is 2.31. The molecular formula is C30H43N5O6. The minimum atomic E-state index is -0.462. The number of likely N-dealkylation sites (N-methyl/N-ethyl adjacent to an activating group) is 1. The van der Waals surface area contributed by atoms with Gasteiger partial charge in [0.25, 0.3) is 0 Å². The highest BCUT2D eigenvalue weighted by atomic mass is 16.5. The van der Waals surface area contributed by atoms with E-state index in [-0.39, 0.29) is 55.3 Å². The number of urea groups is 1. The van der Waals surface area contributed by atoms with Gasteiger partial charge < -0.3 is 34.8 Å². The van der Waals surface area contributed by atoms with E-state index in [1.807, 2.05) is 13.8 Å².